The summed E-state index contributed by atoms with van der Waals surface area (Å²) in [6.07, 6.45) is 0. The molecule has 140 valence electrons. The third-order valence-electron chi connectivity index (χ3n) is 4.02. The number of hydrogen-bond donors (Lipinski definition) is 2. The summed E-state index contributed by atoms with van der Waals surface area (Å²) in [5.74, 6) is 0.901. The van der Waals surface area contributed by atoms with Crippen molar-refractivity contribution >= 4 is 40.2 Å². The van der Waals surface area contributed by atoms with E-state index in [0.717, 1.165) is 22.2 Å². The first-order valence-corrected chi connectivity index (χ1v) is 9.89. The number of benzene rings is 2. The van der Waals surface area contributed by atoms with Crippen LogP contribution in [0.3, 0.4) is 0 Å². The van der Waals surface area contributed by atoms with Crippen molar-refractivity contribution in [1.82, 2.24) is 5.32 Å². The van der Waals surface area contributed by atoms with Crippen LogP contribution >= 0.6 is 11.8 Å². The van der Waals surface area contributed by atoms with Crippen molar-refractivity contribution in [3.8, 4) is 0 Å². The number of carbonyl (C=O) groups excluding carboxylic acids is 2. The molecule has 2 N–H and O–H groups in total. The monoisotopic (exact) mass is 382 g/mol. The van der Waals surface area contributed by atoms with E-state index in [9.17, 15) is 9.59 Å². The van der Waals surface area contributed by atoms with E-state index >= 15 is 0 Å². The van der Waals surface area contributed by atoms with Gasteiger partial charge in [0.05, 0.1) is 17.5 Å². The number of thioether (sulfide) groups is 1. The SMILES string of the molecule is Cc1cccc(NC(=O)CSCC(=O)N[C@H](C)c2cc3ccccc3o2)c1. The minimum atomic E-state index is -0.230. The van der Waals surface area contributed by atoms with Crippen LogP contribution in [0.15, 0.2) is 59.0 Å². The number of furan rings is 1. The minimum Gasteiger partial charge on any atom is -0.459 e. The Morgan fingerprint density at radius 1 is 1.04 bits per heavy atom. The molecule has 0 bridgehead atoms. The summed E-state index contributed by atoms with van der Waals surface area (Å²) in [5, 5.41) is 6.74. The molecule has 1 heterocycles. The van der Waals surface area contributed by atoms with Gasteiger partial charge < -0.3 is 15.1 Å². The molecule has 2 amide bonds. The predicted octanol–water partition coefficient (Wildman–Crippen LogP) is 4.29. The van der Waals surface area contributed by atoms with Crippen LogP contribution in [0.5, 0.6) is 0 Å². The van der Waals surface area contributed by atoms with Gasteiger partial charge in [-0.15, -0.1) is 11.8 Å². The van der Waals surface area contributed by atoms with E-state index in [1.807, 2.05) is 68.4 Å². The standard InChI is InChI=1S/C21H22N2O3S/c1-14-6-5-8-17(10-14)23-21(25)13-27-12-20(24)22-15(2)19-11-16-7-3-4-9-18(16)26-19/h3-11,15H,12-13H2,1-2H3,(H,22,24)(H,23,25)/t15-/m1/s1. The molecule has 0 fully saturated rings. The van der Waals surface area contributed by atoms with Crippen LogP contribution in [0.2, 0.25) is 0 Å². The molecule has 0 unspecified atom stereocenters. The third-order valence-corrected chi connectivity index (χ3v) is 4.95. The topological polar surface area (TPSA) is 71.3 Å². The van der Waals surface area contributed by atoms with E-state index in [4.69, 9.17) is 4.42 Å². The van der Waals surface area contributed by atoms with Gasteiger partial charge in [-0.05, 0) is 43.7 Å². The lowest BCUT2D eigenvalue weighted by Gasteiger charge is -2.11. The first-order valence-electron chi connectivity index (χ1n) is 8.73. The van der Waals surface area contributed by atoms with Crippen LogP contribution < -0.4 is 10.6 Å². The van der Waals surface area contributed by atoms with Crippen LogP contribution in [0.4, 0.5) is 5.69 Å². The van der Waals surface area contributed by atoms with Crippen LogP contribution in [-0.4, -0.2) is 23.3 Å². The Morgan fingerprint density at radius 3 is 2.59 bits per heavy atom. The zero-order valence-electron chi connectivity index (χ0n) is 15.3. The lowest BCUT2D eigenvalue weighted by atomic mass is 10.2. The molecule has 3 rings (SSSR count). The summed E-state index contributed by atoms with van der Waals surface area (Å²) in [5.41, 5.74) is 2.65. The van der Waals surface area contributed by atoms with Crippen LogP contribution in [0.25, 0.3) is 11.0 Å². The lowest BCUT2D eigenvalue weighted by Crippen LogP contribution is -2.28. The Hall–Kier alpha value is -2.73. The highest BCUT2D eigenvalue weighted by Crippen LogP contribution is 2.23. The second kappa shape index (κ2) is 8.77. The lowest BCUT2D eigenvalue weighted by molar-refractivity contribution is -0.119. The quantitative estimate of drug-likeness (QED) is 0.639. The summed E-state index contributed by atoms with van der Waals surface area (Å²) in [4.78, 5) is 24.1. The summed E-state index contributed by atoms with van der Waals surface area (Å²) in [6.45, 7) is 3.85. The third kappa shape index (κ3) is 5.37. The smallest absolute Gasteiger partial charge is 0.234 e. The van der Waals surface area contributed by atoms with Gasteiger partial charge in [0.25, 0.3) is 0 Å². The van der Waals surface area contributed by atoms with Crippen molar-refractivity contribution in [3.05, 3.63) is 65.9 Å². The molecule has 0 aliphatic carbocycles. The van der Waals surface area contributed by atoms with Crippen molar-refractivity contribution in [1.29, 1.82) is 0 Å². The molecule has 0 saturated carbocycles. The van der Waals surface area contributed by atoms with Crippen molar-refractivity contribution in [3.63, 3.8) is 0 Å². The molecule has 0 spiro atoms. The second-order valence-electron chi connectivity index (χ2n) is 6.39. The van der Waals surface area contributed by atoms with Crippen molar-refractivity contribution < 1.29 is 14.0 Å². The molecular formula is C21H22N2O3S. The van der Waals surface area contributed by atoms with Gasteiger partial charge in [-0.2, -0.15) is 0 Å². The van der Waals surface area contributed by atoms with Gasteiger partial charge in [0.2, 0.25) is 11.8 Å². The second-order valence-corrected chi connectivity index (χ2v) is 7.37. The molecule has 5 nitrogen and oxygen atoms in total. The molecule has 1 atom stereocenters. The summed E-state index contributed by atoms with van der Waals surface area (Å²) in [6, 6.07) is 17.1. The predicted molar refractivity (Wildman–Crippen MR) is 110 cm³/mol. The normalized spacial score (nSPS) is 11.9. The molecule has 0 radical (unpaired) electrons. The van der Waals surface area contributed by atoms with Gasteiger partial charge in [-0.25, -0.2) is 0 Å². The van der Waals surface area contributed by atoms with Crippen LogP contribution in [-0.2, 0) is 9.59 Å². The number of hydrogen-bond acceptors (Lipinski definition) is 4. The molecule has 3 aromatic rings. The molecule has 6 heteroatoms. The fraction of sp³-hybridized carbons (Fsp3) is 0.238. The fourth-order valence-corrected chi connectivity index (χ4v) is 3.35. The van der Waals surface area contributed by atoms with Crippen molar-refractivity contribution in [2.45, 2.75) is 19.9 Å². The first-order chi connectivity index (χ1) is 13.0. The maximum absolute atomic E-state index is 12.1. The maximum Gasteiger partial charge on any atom is 0.234 e. The average molecular weight is 382 g/mol. The molecule has 0 aliphatic rings. The zero-order valence-corrected chi connectivity index (χ0v) is 16.1. The highest BCUT2D eigenvalue weighted by atomic mass is 32.2. The maximum atomic E-state index is 12.1. The molecule has 0 saturated heterocycles. The summed E-state index contributed by atoms with van der Waals surface area (Å²) in [7, 11) is 0. The van der Waals surface area contributed by atoms with Crippen LogP contribution in [0.1, 0.15) is 24.3 Å². The van der Waals surface area contributed by atoms with Gasteiger partial charge >= 0.3 is 0 Å². The van der Waals surface area contributed by atoms with Gasteiger partial charge in [0, 0.05) is 11.1 Å². The minimum absolute atomic E-state index is 0.122. The Balaban J connectivity index is 1.43. The fourth-order valence-electron chi connectivity index (χ4n) is 2.73. The number of aryl methyl sites for hydroxylation is 1. The number of amides is 2. The Kier molecular flexibility index (Phi) is 6.19. The average Bonchev–Trinajstić information content (AvgIpc) is 3.06. The van der Waals surface area contributed by atoms with E-state index in [1.165, 1.54) is 11.8 Å². The van der Waals surface area contributed by atoms with E-state index in [-0.39, 0.29) is 29.4 Å². The van der Waals surface area contributed by atoms with Gasteiger partial charge in [-0.1, -0.05) is 30.3 Å². The molecular weight excluding hydrogens is 360 g/mol. The molecule has 2 aromatic carbocycles. The number of fused-ring (bicyclic) bond motifs is 1. The highest BCUT2D eigenvalue weighted by Gasteiger charge is 2.14. The summed E-state index contributed by atoms with van der Waals surface area (Å²) >= 11 is 1.28. The van der Waals surface area contributed by atoms with Gasteiger partial charge in [0.1, 0.15) is 11.3 Å². The first kappa shape index (κ1) is 19.0. The molecule has 27 heavy (non-hydrogen) atoms. The Morgan fingerprint density at radius 2 is 1.81 bits per heavy atom. The Labute approximate surface area is 162 Å². The van der Waals surface area contributed by atoms with Gasteiger partial charge in [0.15, 0.2) is 0 Å². The number of anilines is 1. The number of para-hydroxylation sites is 1. The zero-order chi connectivity index (χ0) is 19.2. The van der Waals surface area contributed by atoms with E-state index in [2.05, 4.69) is 10.6 Å². The Bertz CT molecular complexity index is 918. The molecule has 0 aliphatic heterocycles. The largest absolute Gasteiger partial charge is 0.459 e. The van der Waals surface area contributed by atoms with Crippen LogP contribution in [0, 0.1) is 6.92 Å². The number of rotatable bonds is 7. The van der Waals surface area contributed by atoms with E-state index in [1.54, 1.807) is 0 Å². The molecule has 1 aromatic heterocycles. The van der Waals surface area contributed by atoms with Crippen molar-refractivity contribution in [2.75, 3.05) is 16.8 Å². The van der Waals surface area contributed by atoms with E-state index < -0.39 is 0 Å². The van der Waals surface area contributed by atoms with Crippen molar-refractivity contribution in [2.24, 2.45) is 0 Å². The van der Waals surface area contributed by atoms with Gasteiger partial charge in [-0.3, -0.25) is 9.59 Å². The number of carbonyl (C=O) groups is 2. The number of nitrogens with one attached hydrogen (secondary N) is 2. The highest BCUT2D eigenvalue weighted by molar-refractivity contribution is 8.00. The summed E-state index contributed by atoms with van der Waals surface area (Å²) < 4.78 is 5.76. The van der Waals surface area contributed by atoms with E-state index in [0.29, 0.717) is 5.76 Å².